The van der Waals surface area contributed by atoms with Gasteiger partial charge in [0.2, 0.25) is 16.9 Å². The molecule has 2 heterocycles. The number of aromatic nitrogens is 6. The molecule has 0 spiro atoms. The molecule has 0 aliphatic carbocycles. The maximum Gasteiger partial charge on any atom is 0.237 e. The van der Waals surface area contributed by atoms with Crippen LogP contribution >= 0.6 is 11.8 Å². The van der Waals surface area contributed by atoms with Crippen LogP contribution in [0, 0.1) is 6.92 Å². The summed E-state index contributed by atoms with van der Waals surface area (Å²) in [5, 5.41) is 16.7. The summed E-state index contributed by atoms with van der Waals surface area (Å²) in [5.41, 5.74) is 3.27. The van der Waals surface area contributed by atoms with Crippen molar-refractivity contribution in [1.29, 1.82) is 0 Å². The van der Waals surface area contributed by atoms with Gasteiger partial charge in [-0.3, -0.25) is 0 Å². The summed E-state index contributed by atoms with van der Waals surface area (Å²) < 4.78 is 7.11. The van der Waals surface area contributed by atoms with Gasteiger partial charge in [0.25, 0.3) is 0 Å². The highest BCUT2D eigenvalue weighted by Gasteiger charge is 2.12. The first-order valence-corrected chi connectivity index (χ1v) is 9.09. The summed E-state index contributed by atoms with van der Waals surface area (Å²) in [7, 11) is 0. The highest BCUT2D eigenvalue weighted by Crippen LogP contribution is 2.22. The van der Waals surface area contributed by atoms with Gasteiger partial charge < -0.3 is 4.52 Å². The Bertz CT molecular complexity index is 980. The van der Waals surface area contributed by atoms with Crippen molar-refractivity contribution in [3.8, 4) is 11.4 Å². The standard InChI is InChI=1S/C18H16N6OS/c1-13-7-9-15(10-8-13)17-19-16(25-21-17)12-26-18-20-22-23-24(18)11-14-5-3-2-4-6-14/h2-10H,11-12H2,1H3. The quantitative estimate of drug-likeness (QED) is 0.485. The molecule has 8 heteroatoms. The van der Waals surface area contributed by atoms with Gasteiger partial charge in [-0.25, -0.2) is 4.68 Å². The van der Waals surface area contributed by atoms with E-state index in [2.05, 4.69) is 25.7 Å². The predicted octanol–water partition coefficient (Wildman–Crippen LogP) is 3.37. The Hall–Kier alpha value is -3.00. The molecule has 0 fully saturated rings. The number of thioether (sulfide) groups is 1. The monoisotopic (exact) mass is 364 g/mol. The van der Waals surface area contributed by atoms with E-state index in [1.807, 2.05) is 61.5 Å². The molecule has 0 unspecified atom stereocenters. The fraction of sp³-hybridized carbons (Fsp3) is 0.167. The molecule has 2 aromatic carbocycles. The zero-order valence-electron chi connectivity index (χ0n) is 14.1. The van der Waals surface area contributed by atoms with Crippen LogP contribution in [0.5, 0.6) is 0 Å². The molecule has 0 amide bonds. The third kappa shape index (κ3) is 3.80. The van der Waals surface area contributed by atoms with Crippen molar-refractivity contribution in [1.82, 2.24) is 30.3 Å². The summed E-state index contributed by atoms with van der Waals surface area (Å²) in [5.74, 6) is 1.64. The molecule has 0 atom stereocenters. The maximum atomic E-state index is 5.35. The summed E-state index contributed by atoms with van der Waals surface area (Å²) in [6, 6.07) is 18.1. The van der Waals surface area contributed by atoms with Crippen molar-refractivity contribution in [3.63, 3.8) is 0 Å². The Morgan fingerprint density at radius 2 is 1.85 bits per heavy atom. The molecule has 0 N–H and O–H groups in total. The number of benzene rings is 2. The average molecular weight is 364 g/mol. The molecule has 26 heavy (non-hydrogen) atoms. The minimum Gasteiger partial charge on any atom is -0.338 e. The molecule has 0 saturated heterocycles. The lowest BCUT2D eigenvalue weighted by Gasteiger charge is -2.03. The Balaban J connectivity index is 1.42. The summed E-state index contributed by atoms with van der Waals surface area (Å²) in [6.45, 7) is 2.66. The first kappa shape index (κ1) is 16.5. The number of rotatable bonds is 6. The van der Waals surface area contributed by atoms with E-state index in [1.165, 1.54) is 17.3 Å². The zero-order valence-corrected chi connectivity index (χ0v) is 14.9. The molecule has 7 nitrogen and oxygen atoms in total. The number of hydrogen-bond donors (Lipinski definition) is 0. The molecule has 0 aliphatic rings. The van der Waals surface area contributed by atoms with Crippen molar-refractivity contribution in [2.75, 3.05) is 0 Å². The number of tetrazole rings is 1. The van der Waals surface area contributed by atoms with Crippen molar-refractivity contribution in [2.24, 2.45) is 0 Å². The molecular weight excluding hydrogens is 348 g/mol. The molecule has 0 saturated carbocycles. The van der Waals surface area contributed by atoms with E-state index in [-0.39, 0.29) is 0 Å². The highest BCUT2D eigenvalue weighted by molar-refractivity contribution is 7.98. The van der Waals surface area contributed by atoms with Gasteiger partial charge >= 0.3 is 0 Å². The van der Waals surface area contributed by atoms with E-state index in [9.17, 15) is 0 Å². The first-order chi connectivity index (χ1) is 12.8. The molecule has 2 aromatic heterocycles. The maximum absolute atomic E-state index is 5.35. The largest absolute Gasteiger partial charge is 0.338 e. The lowest BCUT2D eigenvalue weighted by atomic mass is 10.1. The normalized spacial score (nSPS) is 11.0. The topological polar surface area (TPSA) is 82.5 Å². The predicted molar refractivity (Wildman–Crippen MR) is 97.4 cm³/mol. The van der Waals surface area contributed by atoms with Gasteiger partial charge in [0.15, 0.2) is 0 Å². The third-order valence-corrected chi connectivity index (χ3v) is 4.72. The minimum atomic E-state index is 0.508. The second-order valence-electron chi connectivity index (χ2n) is 5.77. The van der Waals surface area contributed by atoms with Crippen LogP contribution in [0.4, 0.5) is 0 Å². The van der Waals surface area contributed by atoms with E-state index in [1.54, 1.807) is 4.68 Å². The van der Waals surface area contributed by atoms with Crippen LogP contribution in [0.15, 0.2) is 64.3 Å². The van der Waals surface area contributed by atoms with Gasteiger partial charge in [-0.05, 0) is 22.9 Å². The molecule has 0 aliphatic heterocycles. The lowest BCUT2D eigenvalue weighted by molar-refractivity contribution is 0.391. The second kappa shape index (κ2) is 7.49. The van der Waals surface area contributed by atoms with Crippen molar-refractivity contribution in [3.05, 3.63) is 71.6 Å². The summed E-state index contributed by atoms with van der Waals surface area (Å²) in [4.78, 5) is 4.45. The van der Waals surface area contributed by atoms with E-state index < -0.39 is 0 Å². The van der Waals surface area contributed by atoms with Crippen LogP contribution in [0.2, 0.25) is 0 Å². The van der Waals surface area contributed by atoms with E-state index in [0.717, 1.165) is 11.1 Å². The van der Waals surface area contributed by atoms with Crippen LogP contribution < -0.4 is 0 Å². The molecule has 130 valence electrons. The third-order valence-electron chi connectivity index (χ3n) is 3.78. The van der Waals surface area contributed by atoms with Crippen LogP contribution in [-0.2, 0) is 12.3 Å². The summed E-state index contributed by atoms with van der Waals surface area (Å²) in [6.07, 6.45) is 0. The highest BCUT2D eigenvalue weighted by atomic mass is 32.2. The minimum absolute atomic E-state index is 0.508. The summed E-state index contributed by atoms with van der Waals surface area (Å²) >= 11 is 1.47. The Kier molecular flexibility index (Phi) is 4.74. The lowest BCUT2D eigenvalue weighted by Crippen LogP contribution is -2.03. The average Bonchev–Trinajstić information content (AvgIpc) is 3.31. The Morgan fingerprint density at radius 1 is 1.04 bits per heavy atom. The van der Waals surface area contributed by atoms with Crippen LogP contribution in [0.1, 0.15) is 17.0 Å². The molecular formula is C18H16N6OS. The van der Waals surface area contributed by atoms with E-state index >= 15 is 0 Å². The number of aryl methyl sites for hydroxylation is 1. The smallest absolute Gasteiger partial charge is 0.237 e. The fourth-order valence-electron chi connectivity index (χ4n) is 2.42. The van der Waals surface area contributed by atoms with Crippen LogP contribution in [0.25, 0.3) is 11.4 Å². The van der Waals surface area contributed by atoms with Gasteiger partial charge in [-0.2, -0.15) is 4.98 Å². The van der Waals surface area contributed by atoms with Crippen molar-refractivity contribution >= 4 is 11.8 Å². The van der Waals surface area contributed by atoms with Crippen LogP contribution in [-0.4, -0.2) is 30.3 Å². The molecule has 0 bridgehead atoms. The fourth-order valence-corrected chi connectivity index (χ4v) is 3.13. The first-order valence-electron chi connectivity index (χ1n) is 8.10. The van der Waals surface area contributed by atoms with E-state index in [4.69, 9.17) is 4.52 Å². The van der Waals surface area contributed by atoms with Gasteiger partial charge in [0.05, 0.1) is 12.3 Å². The molecule has 4 aromatic rings. The van der Waals surface area contributed by atoms with Gasteiger partial charge in [0.1, 0.15) is 0 Å². The van der Waals surface area contributed by atoms with Crippen molar-refractivity contribution < 1.29 is 4.52 Å². The Labute approximate surface area is 154 Å². The van der Waals surface area contributed by atoms with Crippen molar-refractivity contribution in [2.45, 2.75) is 24.4 Å². The Morgan fingerprint density at radius 3 is 2.65 bits per heavy atom. The van der Waals surface area contributed by atoms with Gasteiger partial charge in [-0.1, -0.05) is 77.1 Å². The number of nitrogens with zero attached hydrogens (tertiary/aromatic N) is 6. The molecule has 0 radical (unpaired) electrons. The second-order valence-corrected chi connectivity index (χ2v) is 6.71. The van der Waals surface area contributed by atoms with Gasteiger partial charge in [0, 0.05) is 5.56 Å². The van der Waals surface area contributed by atoms with Crippen LogP contribution in [0.3, 0.4) is 0 Å². The molecule has 4 rings (SSSR count). The zero-order chi connectivity index (χ0) is 17.8. The van der Waals surface area contributed by atoms with E-state index in [0.29, 0.717) is 29.2 Å². The van der Waals surface area contributed by atoms with Gasteiger partial charge in [-0.15, -0.1) is 5.10 Å². The SMILES string of the molecule is Cc1ccc(-c2noc(CSc3nnnn3Cc3ccccc3)n2)cc1. The number of hydrogen-bond acceptors (Lipinski definition) is 7.